The van der Waals surface area contributed by atoms with Gasteiger partial charge in [-0.25, -0.2) is 39.5 Å². The molecule has 0 saturated heterocycles. The summed E-state index contributed by atoms with van der Waals surface area (Å²) >= 11 is 0. The minimum Gasteiger partial charge on any atom is -0.205 e. The lowest BCUT2D eigenvalue weighted by Crippen LogP contribution is -2.17. The van der Waals surface area contributed by atoms with Crippen LogP contribution in [-0.4, -0.2) is 7.85 Å². The summed E-state index contributed by atoms with van der Waals surface area (Å²) in [7, 11) is 0.768. The zero-order valence-electron chi connectivity index (χ0n) is 11.4. The Bertz CT molecular complexity index is 894. The Morgan fingerprint density at radius 1 is 0.333 bits per heavy atom. The van der Waals surface area contributed by atoms with Gasteiger partial charge in [-0.3, -0.25) is 0 Å². The van der Waals surface area contributed by atoms with Crippen molar-refractivity contribution in [2.75, 3.05) is 0 Å². The predicted molar refractivity (Wildman–Crippen MR) is 69.3 cm³/mol. The third kappa shape index (κ3) is 1.79. The summed E-state index contributed by atoms with van der Waals surface area (Å²) < 4.78 is 123. The number of benzene rings is 3. The number of halogens is 9. The fourth-order valence-electron chi connectivity index (χ4n) is 2.63. The van der Waals surface area contributed by atoms with Gasteiger partial charge >= 0.3 is 0 Å². The second-order valence-corrected chi connectivity index (χ2v) is 4.95. The van der Waals surface area contributed by atoms with E-state index in [1.165, 1.54) is 0 Å². The van der Waals surface area contributed by atoms with E-state index in [0.717, 1.165) is 7.85 Å². The average Bonchev–Trinajstić information content (AvgIpc) is 2.55. The van der Waals surface area contributed by atoms with Gasteiger partial charge in [-0.1, -0.05) is 5.46 Å². The first-order valence-corrected chi connectivity index (χ1v) is 6.20. The fourth-order valence-corrected chi connectivity index (χ4v) is 2.63. The maximum absolute atomic E-state index is 14.4. The van der Waals surface area contributed by atoms with Gasteiger partial charge in [0.15, 0.2) is 46.5 Å². The summed E-state index contributed by atoms with van der Waals surface area (Å²) in [6, 6.07) is 0. The van der Waals surface area contributed by atoms with Crippen LogP contribution in [0.3, 0.4) is 0 Å². The predicted octanol–water partition coefficient (Wildman–Crippen LogP) is 3.50. The first kappa shape index (κ1) is 16.5. The van der Waals surface area contributed by atoms with E-state index in [0.29, 0.717) is 0 Å². The SMILES string of the molecule is Bc1c2c(F)c(F)c(F)c(F)c2c(F)c2c(F)c(F)c(F)c(F)c12. The molecule has 0 amide bonds. The first-order chi connectivity index (χ1) is 11.1. The van der Waals surface area contributed by atoms with Crippen LogP contribution in [0.2, 0.25) is 0 Å². The van der Waals surface area contributed by atoms with E-state index in [1.54, 1.807) is 0 Å². The van der Waals surface area contributed by atoms with Gasteiger partial charge in [0.1, 0.15) is 13.7 Å². The molecule has 0 spiro atoms. The highest BCUT2D eigenvalue weighted by Gasteiger charge is 2.31. The minimum absolute atomic E-state index is 0.768. The summed E-state index contributed by atoms with van der Waals surface area (Å²) in [5, 5.41) is -5.58. The highest BCUT2D eigenvalue weighted by molar-refractivity contribution is 6.45. The molecule has 0 unspecified atom stereocenters. The van der Waals surface area contributed by atoms with Gasteiger partial charge in [0, 0.05) is 10.8 Å². The molecule has 124 valence electrons. The number of rotatable bonds is 0. The molecule has 0 saturated carbocycles. The van der Waals surface area contributed by atoms with Crippen LogP contribution >= 0.6 is 0 Å². The lowest BCUT2D eigenvalue weighted by molar-refractivity contribution is 0.413. The lowest BCUT2D eigenvalue weighted by atomic mass is 9.83. The first-order valence-electron chi connectivity index (χ1n) is 6.20. The van der Waals surface area contributed by atoms with Crippen LogP contribution in [0, 0.1) is 52.4 Å². The van der Waals surface area contributed by atoms with Crippen molar-refractivity contribution in [2.45, 2.75) is 0 Å². The average molecular weight is 352 g/mol. The molecule has 0 radical (unpaired) electrons. The molecule has 3 aromatic rings. The zero-order valence-corrected chi connectivity index (χ0v) is 11.4. The van der Waals surface area contributed by atoms with Crippen LogP contribution in [0.1, 0.15) is 0 Å². The smallest absolute Gasteiger partial charge is 0.198 e. The molecule has 10 heteroatoms. The highest BCUT2D eigenvalue weighted by Crippen LogP contribution is 2.35. The van der Waals surface area contributed by atoms with E-state index in [4.69, 9.17) is 0 Å². The Hall–Kier alpha value is -2.39. The maximum atomic E-state index is 14.4. The van der Waals surface area contributed by atoms with Crippen molar-refractivity contribution in [2.24, 2.45) is 0 Å². The van der Waals surface area contributed by atoms with Crippen molar-refractivity contribution in [1.82, 2.24) is 0 Å². The molecular weight excluding hydrogens is 350 g/mol. The van der Waals surface area contributed by atoms with Crippen molar-refractivity contribution in [1.29, 1.82) is 0 Å². The minimum atomic E-state index is -2.39. The molecule has 24 heavy (non-hydrogen) atoms. The Labute approximate surface area is 127 Å². The number of hydrogen-bond donors (Lipinski definition) is 0. The quantitative estimate of drug-likeness (QED) is 0.191. The van der Waals surface area contributed by atoms with Gasteiger partial charge in [0.2, 0.25) is 0 Å². The molecule has 0 nitrogen and oxygen atoms in total. The van der Waals surface area contributed by atoms with Gasteiger partial charge < -0.3 is 0 Å². The third-order valence-corrected chi connectivity index (χ3v) is 3.72. The van der Waals surface area contributed by atoms with Crippen LogP contribution in [0.25, 0.3) is 21.5 Å². The molecule has 3 aromatic carbocycles. The van der Waals surface area contributed by atoms with Crippen LogP contribution in [0.5, 0.6) is 0 Å². The maximum Gasteiger partial charge on any atom is 0.198 e. The van der Waals surface area contributed by atoms with Gasteiger partial charge in [0.05, 0.1) is 10.8 Å². The standard InChI is InChI=1S/C14H2BF9/c15-5-1-3(9(19)13(23)11(21)7(1)17)6(16)4-2(5)8(18)12(22)14(24)10(4)20/h15H2. The summed E-state index contributed by atoms with van der Waals surface area (Å²) in [6.07, 6.45) is 0. The van der Waals surface area contributed by atoms with E-state index in [1.807, 2.05) is 0 Å². The topological polar surface area (TPSA) is 0 Å². The lowest BCUT2D eigenvalue weighted by Gasteiger charge is -2.14. The molecule has 3 rings (SSSR count). The highest BCUT2D eigenvalue weighted by atomic mass is 19.2. The molecule has 0 fully saturated rings. The molecular formula is C14H2BF9. The second-order valence-electron chi connectivity index (χ2n) is 4.95. The van der Waals surface area contributed by atoms with Crippen molar-refractivity contribution in [3.8, 4) is 0 Å². The molecule has 0 aliphatic rings. The Morgan fingerprint density at radius 2 is 0.583 bits per heavy atom. The Kier molecular flexibility index (Phi) is 3.47. The normalized spacial score (nSPS) is 11.7. The van der Waals surface area contributed by atoms with Crippen molar-refractivity contribution >= 4 is 34.9 Å². The summed E-state index contributed by atoms with van der Waals surface area (Å²) in [4.78, 5) is 0. The van der Waals surface area contributed by atoms with Crippen LogP contribution in [0.4, 0.5) is 39.5 Å². The molecule has 0 aromatic heterocycles. The summed E-state index contributed by atoms with van der Waals surface area (Å²) in [6.45, 7) is 0. The van der Waals surface area contributed by atoms with Gasteiger partial charge in [-0.15, -0.1) is 0 Å². The zero-order chi connectivity index (χ0) is 18.1. The van der Waals surface area contributed by atoms with E-state index in [9.17, 15) is 39.5 Å². The van der Waals surface area contributed by atoms with Crippen molar-refractivity contribution < 1.29 is 39.5 Å². The van der Waals surface area contributed by atoms with E-state index >= 15 is 0 Å². The molecule has 0 aliphatic carbocycles. The number of hydrogen-bond acceptors (Lipinski definition) is 0. The number of fused-ring (bicyclic) bond motifs is 2. The molecule has 0 aliphatic heterocycles. The summed E-state index contributed by atoms with van der Waals surface area (Å²) in [5.74, 6) is -20.1. The van der Waals surface area contributed by atoms with Gasteiger partial charge in [-0.2, -0.15) is 0 Å². The fraction of sp³-hybridized carbons (Fsp3) is 0. The van der Waals surface area contributed by atoms with Crippen LogP contribution < -0.4 is 5.46 Å². The van der Waals surface area contributed by atoms with Gasteiger partial charge in [-0.05, 0) is 0 Å². The second kappa shape index (κ2) is 5.05. The van der Waals surface area contributed by atoms with Crippen molar-refractivity contribution in [3.63, 3.8) is 0 Å². The monoisotopic (exact) mass is 352 g/mol. The molecule has 0 N–H and O–H groups in total. The largest absolute Gasteiger partial charge is 0.205 e. The Morgan fingerprint density at radius 3 is 0.875 bits per heavy atom. The van der Waals surface area contributed by atoms with Crippen molar-refractivity contribution in [3.05, 3.63) is 52.4 Å². The molecule has 0 bridgehead atoms. The van der Waals surface area contributed by atoms with E-state index < -0.39 is 79.4 Å². The molecule has 0 atom stereocenters. The molecule has 0 heterocycles. The van der Waals surface area contributed by atoms with Gasteiger partial charge in [0.25, 0.3) is 0 Å². The van der Waals surface area contributed by atoms with E-state index in [2.05, 4.69) is 0 Å². The van der Waals surface area contributed by atoms with Crippen LogP contribution in [-0.2, 0) is 0 Å². The Balaban J connectivity index is 2.82. The third-order valence-electron chi connectivity index (χ3n) is 3.72. The van der Waals surface area contributed by atoms with E-state index in [-0.39, 0.29) is 0 Å². The van der Waals surface area contributed by atoms with Crippen LogP contribution in [0.15, 0.2) is 0 Å². The summed E-state index contributed by atoms with van der Waals surface area (Å²) in [5.41, 5.74) is -0.827.